The molecule has 1 heterocycles. The van der Waals surface area contributed by atoms with Crippen LogP contribution in [0.15, 0.2) is 18.2 Å². The number of rotatable bonds is 5. The first kappa shape index (κ1) is 18.4. The minimum absolute atomic E-state index is 0.0980. The number of ether oxygens (including phenoxy) is 1. The average molecular weight is 374 g/mol. The van der Waals surface area contributed by atoms with Crippen LogP contribution >= 0.6 is 0 Å². The molecule has 1 N–H and O–H groups in total. The summed E-state index contributed by atoms with van der Waals surface area (Å²) >= 11 is 0. The molecule has 6 heteroatoms. The third-order valence-electron chi connectivity index (χ3n) is 6.47. The monoisotopic (exact) mass is 374 g/mol. The Labute approximate surface area is 159 Å². The predicted octanol–water partition coefficient (Wildman–Crippen LogP) is 2.67. The summed E-state index contributed by atoms with van der Waals surface area (Å²) in [5.41, 5.74) is 1.44. The molecular formula is C21H27FN2O3. The molecule has 0 spiro atoms. The molecule has 5 nitrogen and oxygen atoms in total. The molecule has 0 aromatic heterocycles. The third kappa shape index (κ3) is 3.86. The normalized spacial score (nSPS) is 29.3. The van der Waals surface area contributed by atoms with Gasteiger partial charge in [-0.3, -0.25) is 9.59 Å². The molecular weight excluding hydrogens is 347 g/mol. The van der Waals surface area contributed by atoms with Crippen LogP contribution in [0, 0.1) is 24.1 Å². The van der Waals surface area contributed by atoms with E-state index in [1.54, 1.807) is 11.8 Å². The van der Waals surface area contributed by atoms with Gasteiger partial charge in [-0.25, -0.2) is 4.39 Å². The van der Waals surface area contributed by atoms with Crippen molar-refractivity contribution in [3.8, 4) is 0 Å². The van der Waals surface area contributed by atoms with Crippen LogP contribution in [0.4, 0.5) is 4.39 Å². The fourth-order valence-corrected chi connectivity index (χ4v) is 4.83. The smallest absolute Gasteiger partial charge is 0.254 e. The lowest BCUT2D eigenvalue weighted by Crippen LogP contribution is -2.49. The second kappa shape index (κ2) is 7.23. The van der Waals surface area contributed by atoms with E-state index in [1.807, 2.05) is 0 Å². The molecule has 2 saturated carbocycles. The fraction of sp³-hybridized carbons (Fsp3) is 0.619. The van der Waals surface area contributed by atoms with E-state index in [4.69, 9.17) is 4.74 Å². The molecule has 0 radical (unpaired) electrons. The van der Waals surface area contributed by atoms with Gasteiger partial charge in [-0.1, -0.05) is 6.42 Å². The molecule has 1 aromatic carbocycles. The summed E-state index contributed by atoms with van der Waals surface area (Å²) in [6, 6.07) is 4.22. The second-order valence-corrected chi connectivity index (χ2v) is 8.34. The highest BCUT2D eigenvalue weighted by Crippen LogP contribution is 2.65. The summed E-state index contributed by atoms with van der Waals surface area (Å²) in [7, 11) is 0. The molecule has 146 valence electrons. The van der Waals surface area contributed by atoms with Crippen molar-refractivity contribution in [3.05, 3.63) is 35.1 Å². The van der Waals surface area contributed by atoms with Gasteiger partial charge in [-0.05, 0) is 61.3 Å². The first-order valence-electron chi connectivity index (χ1n) is 9.91. The summed E-state index contributed by atoms with van der Waals surface area (Å²) in [6.07, 6.45) is 5.34. The Balaban J connectivity index is 1.29. The topological polar surface area (TPSA) is 58.6 Å². The van der Waals surface area contributed by atoms with Crippen molar-refractivity contribution >= 4 is 11.8 Å². The van der Waals surface area contributed by atoms with Gasteiger partial charge in [0.25, 0.3) is 5.91 Å². The Kier molecular flexibility index (Phi) is 4.93. The number of morpholine rings is 1. The highest BCUT2D eigenvalue weighted by molar-refractivity contribution is 5.95. The van der Waals surface area contributed by atoms with Gasteiger partial charge in [-0.15, -0.1) is 0 Å². The van der Waals surface area contributed by atoms with E-state index in [1.165, 1.54) is 43.9 Å². The van der Waals surface area contributed by atoms with Gasteiger partial charge < -0.3 is 15.0 Å². The number of aryl methyl sites for hydroxylation is 1. The molecule has 1 saturated heterocycles. The van der Waals surface area contributed by atoms with Crippen LogP contribution in [0.25, 0.3) is 0 Å². The summed E-state index contributed by atoms with van der Waals surface area (Å²) in [5.74, 6) is 0.408. The Morgan fingerprint density at radius 2 is 2.26 bits per heavy atom. The highest BCUT2D eigenvalue weighted by atomic mass is 19.1. The molecule has 4 rings (SSSR count). The summed E-state index contributed by atoms with van der Waals surface area (Å²) < 4.78 is 19.0. The molecule has 3 aliphatic rings. The second-order valence-electron chi connectivity index (χ2n) is 8.34. The number of nitrogens with zero attached hydrogens (tertiary/aromatic N) is 1. The summed E-state index contributed by atoms with van der Waals surface area (Å²) in [5, 5.41) is 3.00. The van der Waals surface area contributed by atoms with E-state index in [0.717, 1.165) is 5.92 Å². The van der Waals surface area contributed by atoms with Gasteiger partial charge in [0.2, 0.25) is 5.91 Å². The van der Waals surface area contributed by atoms with Crippen molar-refractivity contribution in [1.29, 1.82) is 0 Å². The number of carbonyl (C=O) groups is 2. The lowest BCUT2D eigenvalue weighted by atomic mass is 9.99. The van der Waals surface area contributed by atoms with Crippen molar-refractivity contribution in [1.82, 2.24) is 10.2 Å². The first-order valence-corrected chi connectivity index (χ1v) is 9.91. The zero-order valence-electron chi connectivity index (χ0n) is 15.8. The van der Waals surface area contributed by atoms with E-state index < -0.39 is 0 Å². The molecule has 1 aromatic rings. The summed E-state index contributed by atoms with van der Waals surface area (Å²) in [4.78, 5) is 26.8. The Bertz CT molecular complexity index is 753. The number of hydrogen-bond donors (Lipinski definition) is 1. The maximum atomic E-state index is 13.3. The number of hydrogen-bond acceptors (Lipinski definition) is 3. The first-order chi connectivity index (χ1) is 13.0. The highest BCUT2D eigenvalue weighted by Gasteiger charge is 2.57. The maximum Gasteiger partial charge on any atom is 0.254 e. The van der Waals surface area contributed by atoms with Crippen LogP contribution in [0.2, 0.25) is 0 Å². The van der Waals surface area contributed by atoms with E-state index in [-0.39, 0.29) is 23.7 Å². The standard InChI is InChI=1S/C21H27FN2O3/c1-14-9-16(22)4-5-18(14)20(26)24-7-8-27-17(13-24)12-23-19(25)11-21-6-2-3-15(21)10-21/h4-5,9,15,17H,2-3,6-8,10-13H2,1H3,(H,23,25). The maximum absolute atomic E-state index is 13.3. The molecule has 27 heavy (non-hydrogen) atoms. The molecule has 2 aliphatic carbocycles. The number of nitrogens with one attached hydrogen (secondary N) is 1. The average Bonchev–Trinajstić information content (AvgIpc) is 3.18. The van der Waals surface area contributed by atoms with Crippen LogP contribution in [0.3, 0.4) is 0 Å². The number of amides is 2. The molecule has 3 atom stereocenters. The van der Waals surface area contributed by atoms with Gasteiger partial charge in [0.05, 0.1) is 12.7 Å². The lowest BCUT2D eigenvalue weighted by molar-refractivity contribution is -0.123. The minimum atomic E-state index is -0.341. The van der Waals surface area contributed by atoms with E-state index in [9.17, 15) is 14.0 Å². The molecule has 1 aliphatic heterocycles. The predicted molar refractivity (Wildman–Crippen MR) is 98.8 cm³/mol. The number of carbonyl (C=O) groups excluding carboxylic acids is 2. The van der Waals surface area contributed by atoms with Crippen molar-refractivity contribution in [2.75, 3.05) is 26.2 Å². The Hall–Kier alpha value is -1.95. The number of fused-ring (bicyclic) bond motifs is 1. The largest absolute Gasteiger partial charge is 0.373 e. The molecule has 0 bridgehead atoms. The van der Waals surface area contributed by atoms with E-state index >= 15 is 0 Å². The fourth-order valence-electron chi connectivity index (χ4n) is 4.83. The van der Waals surface area contributed by atoms with Gasteiger partial charge in [0, 0.05) is 31.6 Å². The Morgan fingerprint density at radius 3 is 2.96 bits per heavy atom. The molecule has 3 unspecified atom stereocenters. The van der Waals surface area contributed by atoms with Crippen LogP contribution in [-0.4, -0.2) is 49.1 Å². The van der Waals surface area contributed by atoms with Crippen molar-refractivity contribution in [2.45, 2.75) is 45.1 Å². The van der Waals surface area contributed by atoms with Crippen LogP contribution in [0.5, 0.6) is 0 Å². The van der Waals surface area contributed by atoms with Crippen molar-refractivity contribution in [3.63, 3.8) is 0 Å². The van der Waals surface area contributed by atoms with Gasteiger partial charge in [0.1, 0.15) is 5.82 Å². The number of halogens is 1. The third-order valence-corrected chi connectivity index (χ3v) is 6.47. The van der Waals surface area contributed by atoms with E-state index in [2.05, 4.69) is 5.32 Å². The van der Waals surface area contributed by atoms with Gasteiger partial charge in [0.15, 0.2) is 0 Å². The zero-order chi connectivity index (χ0) is 19.0. The Morgan fingerprint density at radius 1 is 1.41 bits per heavy atom. The van der Waals surface area contributed by atoms with E-state index in [0.29, 0.717) is 49.2 Å². The molecule has 3 fully saturated rings. The van der Waals surface area contributed by atoms with Gasteiger partial charge in [-0.2, -0.15) is 0 Å². The number of benzene rings is 1. The van der Waals surface area contributed by atoms with Crippen molar-refractivity contribution < 1.29 is 18.7 Å². The summed E-state index contributed by atoms with van der Waals surface area (Å²) in [6.45, 7) is 3.54. The SMILES string of the molecule is Cc1cc(F)ccc1C(=O)N1CCOC(CNC(=O)CC23CCCC2C3)C1. The van der Waals surface area contributed by atoms with Crippen LogP contribution < -0.4 is 5.32 Å². The lowest BCUT2D eigenvalue weighted by Gasteiger charge is -2.33. The van der Waals surface area contributed by atoms with Crippen LogP contribution in [0.1, 0.15) is 48.0 Å². The quantitative estimate of drug-likeness (QED) is 0.862. The molecule has 2 amide bonds. The zero-order valence-corrected chi connectivity index (χ0v) is 15.8. The van der Waals surface area contributed by atoms with Gasteiger partial charge >= 0.3 is 0 Å². The van der Waals surface area contributed by atoms with Crippen molar-refractivity contribution in [2.24, 2.45) is 11.3 Å². The van der Waals surface area contributed by atoms with Crippen LogP contribution in [-0.2, 0) is 9.53 Å². The minimum Gasteiger partial charge on any atom is -0.373 e.